The molecule has 0 aliphatic heterocycles. The fraction of sp³-hybridized carbons (Fsp3) is 0.174. The van der Waals surface area contributed by atoms with E-state index >= 15 is 0 Å². The van der Waals surface area contributed by atoms with Crippen LogP contribution in [0.5, 0.6) is 5.75 Å². The number of nitrogens with two attached hydrogens (primary N) is 1. The number of carboxylic acids is 1. The molecule has 0 amide bonds. The van der Waals surface area contributed by atoms with Gasteiger partial charge in [-0.05, 0) is 42.3 Å². The predicted molar refractivity (Wildman–Crippen MR) is 102 cm³/mol. The van der Waals surface area contributed by atoms with Crippen molar-refractivity contribution in [3.05, 3.63) is 101 Å². The van der Waals surface area contributed by atoms with E-state index in [9.17, 15) is 9.90 Å². The molecule has 3 aromatic carbocycles. The highest BCUT2D eigenvalue weighted by atomic mass is 16.5. The third kappa shape index (κ3) is 5.69. The maximum Gasteiger partial charge on any atom is 0.119 e. The molecule has 0 saturated heterocycles. The van der Waals surface area contributed by atoms with E-state index < -0.39 is 5.97 Å². The second kappa shape index (κ2) is 9.01. The number of carboxylic acid groups (broad SMARTS) is 1. The molecule has 4 nitrogen and oxygen atoms in total. The zero-order valence-corrected chi connectivity index (χ0v) is 15.4. The molecule has 0 radical (unpaired) electrons. The molecule has 2 N–H and O–H groups in total. The van der Waals surface area contributed by atoms with E-state index in [0.717, 1.165) is 30.0 Å². The summed E-state index contributed by atoms with van der Waals surface area (Å²) < 4.78 is 5.83. The Morgan fingerprint density at radius 2 is 1.33 bits per heavy atom. The van der Waals surface area contributed by atoms with Crippen molar-refractivity contribution in [2.45, 2.75) is 26.6 Å². The molecular formula is C23H23NO3. The summed E-state index contributed by atoms with van der Waals surface area (Å²) in [5, 5.41) is 12.9. The lowest BCUT2D eigenvalue weighted by molar-refractivity contribution is -0.686. The van der Waals surface area contributed by atoms with Gasteiger partial charge in [0.2, 0.25) is 0 Å². The Morgan fingerprint density at radius 1 is 0.815 bits per heavy atom. The van der Waals surface area contributed by atoms with Crippen LogP contribution in [0.15, 0.2) is 72.8 Å². The van der Waals surface area contributed by atoms with Gasteiger partial charge in [0.05, 0.1) is 5.97 Å². The van der Waals surface area contributed by atoms with Crippen LogP contribution in [-0.2, 0) is 19.7 Å². The zero-order chi connectivity index (χ0) is 19.1. The van der Waals surface area contributed by atoms with E-state index in [1.165, 1.54) is 11.1 Å². The number of hydrogen-bond acceptors (Lipinski definition) is 3. The van der Waals surface area contributed by atoms with Gasteiger partial charge < -0.3 is 20.0 Å². The van der Waals surface area contributed by atoms with E-state index in [0.29, 0.717) is 6.61 Å². The van der Waals surface area contributed by atoms with Crippen LogP contribution < -0.4 is 15.2 Å². The van der Waals surface area contributed by atoms with Gasteiger partial charge in [-0.2, -0.15) is 0 Å². The topological polar surface area (TPSA) is 66.0 Å². The lowest BCUT2D eigenvalue weighted by Gasteiger charge is -2.08. The van der Waals surface area contributed by atoms with Gasteiger partial charge in [0.1, 0.15) is 25.4 Å². The van der Waals surface area contributed by atoms with E-state index in [2.05, 4.69) is 48.6 Å². The van der Waals surface area contributed by atoms with Gasteiger partial charge in [-0.15, -0.1) is 0 Å². The first-order valence-corrected chi connectivity index (χ1v) is 8.99. The molecule has 0 aliphatic rings. The number of carbonyl (C=O) groups excluding carboxylic acids is 1. The number of carbonyl (C=O) groups is 1. The van der Waals surface area contributed by atoms with Crippen LogP contribution in [0.1, 0.15) is 32.6 Å². The Balaban J connectivity index is 1.44. The Bertz CT molecular complexity index is 869. The highest BCUT2D eigenvalue weighted by Crippen LogP contribution is 2.14. The second-order valence-electron chi connectivity index (χ2n) is 6.60. The normalized spacial score (nSPS) is 10.6. The second-order valence-corrected chi connectivity index (χ2v) is 6.60. The molecule has 0 bridgehead atoms. The van der Waals surface area contributed by atoms with Crippen molar-refractivity contribution in [3.63, 3.8) is 0 Å². The molecule has 0 heterocycles. The molecule has 0 unspecified atom stereocenters. The van der Waals surface area contributed by atoms with E-state index in [1.54, 1.807) is 12.1 Å². The van der Waals surface area contributed by atoms with Crippen LogP contribution in [-0.4, -0.2) is 5.97 Å². The number of aryl methyl sites for hydroxylation is 1. The average Bonchev–Trinajstić information content (AvgIpc) is 2.69. The van der Waals surface area contributed by atoms with Gasteiger partial charge in [0.15, 0.2) is 0 Å². The molecule has 0 saturated carbocycles. The summed E-state index contributed by atoms with van der Waals surface area (Å²) in [5.41, 5.74) is 4.90. The Kier molecular flexibility index (Phi) is 6.23. The molecule has 138 valence electrons. The van der Waals surface area contributed by atoms with E-state index in [1.807, 2.05) is 24.3 Å². The highest BCUT2D eigenvalue weighted by Gasteiger charge is 2.01. The molecule has 0 aromatic heterocycles. The molecule has 3 rings (SSSR count). The molecule has 0 spiro atoms. The largest absolute Gasteiger partial charge is 0.545 e. The number of hydrogen-bond donors (Lipinski definition) is 1. The van der Waals surface area contributed by atoms with Crippen LogP contribution in [0.4, 0.5) is 0 Å². The first-order valence-electron chi connectivity index (χ1n) is 8.99. The van der Waals surface area contributed by atoms with Crippen molar-refractivity contribution in [3.8, 4) is 5.75 Å². The Labute approximate surface area is 159 Å². The monoisotopic (exact) mass is 361 g/mol. The minimum absolute atomic E-state index is 0.208. The molecule has 27 heavy (non-hydrogen) atoms. The highest BCUT2D eigenvalue weighted by molar-refractivity contribution is 5.85. The fourth-order valence-corrected chi connectivity index (χ4v) is 2.76. The first-order chi connectivity index (χ1) is 13.1. The van der Waals surface area contributed by atoms with Crippen molar-refractivity contribution >= 4 is 5.97 Å². The smallest absolute Gasteiger partial charge is 0.119 e. The molecule has 0 atom stereocenters. The molecular weight excluding hydrogens is 338 g/mol. The van der Waals surface area contributed by atoms with Crippen molar-refractivity contribution in [2.24, 2.45) is 0 Å². The minimum Gasteiger partial charge on any atom is -0.545 e. The van der Waals surface area contributed by atoms with Crippen molar-refractivity contribution in [1.82, 2.24) is 0 Å². The Hall–Kier alpha value is -3.11. The SMILES string of the molecule is Cc1ccc(COc2ccc(C[NH2+]Cc3ccc(C(=O)[O-])cc3)cc2)cc1. The summed E-state index contributed by atoms with van der Waals surface area (Å²) in [6.45, 7) is 4.27. The minimum atomic E-state index is -1.14. The average molecular weight is 361 g/mol. The van der Waals surface area contributed by atoms with Crippen molar-refractivity contribution in [2.75, 3.05) is 0 Å². The zero-order valence-electron chi connectivity index (χ0n) is 15.4. The summed E-state index contributed by atoms with van der Waals surface area (Å²) in [5.74, 6) is -0.285. The summed E-state index contributed by atoms with van der Waals surface area (Å²) in [6.07, 6.45) is 0. The number of aromatic carboxylic acids is 1. The van der Waals surface area contributed by atoms with Crippen LogP contribution in [0.25, 0.3) is 0 Å². The van der Waals surface area contributed by atoms with E-state index in [-0.39, 0.29) is 5.56 Å². The fourth-order valence-electron chi connectivity index (χ4n) is 2.76. The summed E-state index contributed by atoms with van der Waals surface area (Å²) >= 11 is 0. The maximum atomic E-state index is 10.8. The lowest BCUT2D eigenvalue weighted by atomic mass is 10.1. The predicted octanol–water partition coefficient (Wildman–Crippen LogP) is 2.20. The van der Waals surface area contributed by atoms with Crippen LogP contribution in [0, 0.1) is 6.92 Å². The summed E-state index contributed by atoms with van der Waals surface area (Å²) in [7, 11) is 0. The number of benzene rings is 3. The van der Waals surface area contributed by atoms with Gasteiger partial charge >= 0.3 is 0 Å². The van der Waals surface area contributed by atoms with Crippen molar-refractivity contribution in [1.29, 1.82) is 0 Å². The van der Waals surface area contributed by atoms with Gasteiger partial charge in [0, 0.05) is 11.1 Å². The van der Waals surface area contributed by atoms with Crippen molar-refractivity contribution < 1.29 is 20.0 Å². The first kappa shape index (κ1) is 18.7. The number of ether oxygens (including phenoxy) is 1. The van der Waals surface area contributed by atoms with E-state index in [4.69, 9.17) is 4.74 Å². The molecule has 3 aromatic rings. The molecule has 0 fully saturated rings. The quantitative estimate of drug-likeness (QED) is 0.669. The maximum absolute atomic E-state index is 10.8. The third-order valence-electron chi connectivity index (χ3n) is 4.40. The molecule has 4 heteroatoms. The molecule has 0 aliphatic carbocycles. The Morgan fingerprint density at radius 3 is 1.89 bits per heavy atom. The van der Waals surface area contributed by atoms with Crippen LogP contribution >= 0.6 is 0 Å². The van der Waals surface area contributed by atoms with Gasteiger partial charge in [-0.3, -0.25) is 0 Å². The van der Waals surface area contributed by atoms with Gasteiger partial charge in [-0.25, -0.2) is 0 Å². The summed E-state index contributed by atoms with van der Waals surface area (Å²) in [6, 6.07) is 23.3. The number of rotatable bonds is 8. The number of quaternary nitrogens is 1. The third-order valence-corrected chi connectivity index (χ3v) is 4.40. The van der Waals surface area contributed by atoms with Gasteiger partial charge in [-0.1, -0.05) is 54.1 Å². The lowest BCUT2D eigenvalue weighted by Crippen LogP contribution is -2.80. The standard InChI is InChI=1S/C23H23NO3/c1-17-2-4-20(5-3-17)16-27-22-12-8-19(9-13-22)15-24-14-18-6-10-21(11-7-18)23(25)26/h2-13,24H,14-16H2,1H3,(H,25,26). The van der Waals surface area contributed by atoms with Crippen LogP contribution in [0.3, 0.4) is 0 Å². The van der Waals surface area contributed by atoms with Gasteiger partial charge in [0.25, 0.3) is 0 Å². The van der Waals surface area contributed by atoms with Crippen LogP contribution in [0.2, 0.25) is 0 Å². The summed E-state index contributed by atoms with van der Waals surface area (Å²) in [4.78, 5) is 10.8.